The fourth-order valence-corrected chi connectivity index (χ4v) is 3.22. The van der Waals surface area contributed by atoms with Gasteiger partial charge in [-0.15, -0.1) is 6.58 Å². The smallest absolute Gasteiger partial charge is 0.214 e. The number of hydrogen-bond acceptors (Lipinski definition) is 3. The van der Waals surface area contributed by atoms with Crippen LogP contribution in [0.4, 0.5) is 0 Å². The summed E-state index contributed by atoms with van der Waals surface area (Å²) in [5.74, 6) is 0.427. The fourth-order valence-electron chi connectivity index (χ4n) is 1.73. The van der Waals surface area contributed by atoms with Crippen LogP contribution in [0.25, 0.3) is 0 Å². The monoisotopic (exact) mass is 233 g/mol. The molecule has 4 nitrogen and oxygen atoms in total. The summed E-state index contributed by atoms with van der Waals surface area (Å²) in [7, 11) is -3.10. The lowest BCUT2D eigenvalue weighted by Gasteiger charge is -2.30. The van der Waals surface area contributed by atoms with Crippen molar-refractivity contribution in [3.05, 3.63) is 12.7 Å². The van der Waals surface area contributed by atoms with Crippen LogP contribution in [0, 0.1) is 5.92 Å². The van der Waals surface area contributed by atoms with Gasteiger partial charge in [-0.2, -0.15) is 0 Å². The van der Waals surface area contributed by atoms with Crippen LogP contribution in [-0.2, 0) is 10.0 Å². The third-order valence-corrected chi connectivity index (χ3v) is 4.71. The highest BCUT2D eigenvalue weighted by molar-refractivity contribution is 7.89. The number of allylic oxidation sites excluding steroid dienone is 1. The zero-order valence-corrected chi connectivity index (χ0v) is 9.75. The second-order valence-electron chi connectivity index (χ2n) is 3.92. The van der Waals surface area contributed by atoms with E-state index in [1.807, 2.05) is 0 Å². The molecule has 1 N–H and O–H groups in total. The van der Waals surface area contributed by atoms with E-state index in [2.05, 4.69) is 6.58 Å². The average Bonchev–Trinajstić information content (AvgIpc) is 2.26. The Morgan fingerprint density at radius 3 is 2.47 bits per heavy atom. The van der Waals surface area contributed by atoms with Crippen molar-refractivity contribution in [2.45, 2.75) is 19.3 Å². The molecule has 1 fully saturated rings. The van der Waals surface area contributed by atoms with E-state index >= 15 is 0 Å². The summed E-state index contributed by atoms with van der Waals surface area (Å²) < 4.78 is 25.0. The highest BCUT2D eigenvalue weighted by atomic mass is 32.2. The Morgan fingerprint density at radius 2 is 2.00 bits per heavy atom. The molecular weight excluding hydrogens is 214 g/mol. The first-order valence-corrected chi connectivity index (χ1v) is 6.90. The molecule has 0 amide bonds. The Morgan fingerprint density at radius 1 is 1.40 bits per heavy atom. The van der Waals surface area contributed by atoms with Gasteiger partial charge >= 0.3 is 0 Å². The molecule has 0 saturated carbocycles. The first kappa shape index (κ1) is 12.7. The fraction of sp³-hybridized carbons (Fsp3) is 0.800. The Balaban J connectivity index is 2.48. The van der Waals surface area contributed by atoms with Gasteiger partial charge in [0.2, 0.25) is 10.0 Å². The third kappa shape index (κ3) is 3.59. The molecule has 0 aromatic rings. The predicted molar refractivity (Wildman–Crippen MR) is 60.0 cm³/mol. The molecule has 0 aromatic carbocycles. The number of sulfonamides is 1. The van der Waals surface area contributed by atoms with E-state index in [0.29, 0.717) is 19.5 Å². The molecule has 0 unspecified atom stereocenters. The molecule has 1 rings (SSSR count). The van der Waals surface area contributed by atoms with Crippen molar-refractivity contribution >= 4 is 10.0 Å². The maximum absolute atomic E-state index is 11.8. The van der Waals surface area contributed by atoms with Gasteiger partial charge in [0.15, 0.2) is 0 Å². The molecule has 0 spiro atoms. The molecule has 1 aliphatic heterocycles. The second-order valence-corrected chi connectivity index (χ2v) is 6.01. The zero-order chi connectivity index (χ0) is 11.3. The van der Waals surface area contributed by atoms with Gasteiger partial charge in [-0.3, -0.25) is 0 Å². The summed E-state index contributed by atoms with van der Waals surface area (Å²) in [5.41, 5.74) is 0. The average molecular weight is 233 g/mol. The lowest BCUT2D eigenvalue weighted by atomic mass is 10.00. The van der Waals surface area contributed by atoms with Gasteiger partial charge in [0.1, 0.15) is 0 Å². The van der Waals surface area contributed by atoms with Crippen LogP contribution < -0.4 is 0 Å². The molecule has 15 heavy (non-hydrogen) atoms. The van der Waals surface area contributed by atoms with Gasteiger partial charge in [-0.25, -0.2) is 12.7 Å². The predicted octanol–water partition coefficient (Wildman–Crippen LogP) is 0.597. The van der Waals surface area contributed by atoms with Crippen molar-refractivity contribution in [2.24, 2.45) is 5.92 Å². The molecule has 0 aromatic heterocycles. The molecular formula is C10H19NO3S. The molecule has 5 heteroatoms. The summed E-state index contributed by atoms with van der Waals surface area (Å²) in [6.07, 6.45) is 3.66. The van der Waals surface area contributed by atoms with Gasteiger partial charge in [0, 0.05) is 19.7 Å². The number of aliphatic hydroxyl groups is 1. The van der Waals surface area contributed by atoms with Gasteiger partial charge < -0.3 is 5.11 Å². The molecule has 1 saturated heterocycles. The summed E-state index contributed by atoms with van der Waals surface area (Å²) in [4.78, 5) is 0. The minimum absolute atomic E-state index is 0.153. The maximum atomic E-state index is 11.8. The number of hydrogen-bond donors (Lipinski definition) is 1. The van der Waals surface area contributed by atoms with Gasteiger partial charge in [-0.05, 0) is 25.2 Å². The quantitative estimate of drug-likeness (QED) is 0.707. The number of piperidine rings is 1. The van der Waals surface area contributed by atoms with Crippen molar-refractivity contribution in [1.29, 1.82) is 0 Å². The minimum atomic E-state index is -3.10. The lowest BCUT2D eigenvalue weighted by molar-refractivity contribution is 0.170. The minimum Gasteiger partial charge on any atom is -0.396 e. The molecule has 0 atom stereocenters. The SMILES string of the molecule is C=CCCS(=O)(=O)N1CCC(CO)CC1. The van der Waals surface area contributed by atoms with Crippen molar-refractivity contribution in [3.63, 3.8) is 0 Å². The molecule has 0 bridgehead atoms. The van der Waals surface area contributed by atoms with Crippen LogP contribution in [0.1, 0.15) is 19.3 Å². The molecule has 1 aliphatic rings. The lowest BCUT2D eigenvalue weighted by Crippen LogP contribution is -2.40. The summed E-state index contributed by atoms with van der Waals surface area (Å²) in [5, 5.41) is 8.94. The van der Waals surface area contributed by atoms with Crippen molar-refractivity contribution in [2.75, 3.05) is 25.4 Å². The first-order valence-electron chi connectivity index (χ1n) is 5.29. The molecule has 0 radical (unpaired) electrons. The summed E-state index contributed by atoms with van der Waals surface area (Å²) >= 11 is 0. The van der Waals surface area contributed by atoms with E-state index in [-0.39, 0.29) is 18.3 Å². The zero-order valence-electron chi connectivity index (χ0n) is 8.93. The van der Waals surface area contributed by atoms with Crippen molar-refractivity contribution in [1.82, 2.24) is 4.31 Å². The van der Waals surface area contributed by atoms with Crippen LogP contribution in [0.15, 0.2) is 12.7 Å². The van der Waals surface area contributed by atoms with Gasteiger partial charge in [-0.1, -0.05) is 6.08 Å². The Bertz CT molecular complexity index is 292. The Labute approximate surface area is 91.6 Å². The van der Waals surface area contributed by atoms with E-state index < -0.39 is 10.0 Å². The summed E-state index contributed by atoms with van der Waals surface area (Å²) in [6.45, 7) is 4.78. The van der Waals surface area contributed by atoms with E-state index in [0.717, 1.165) is 12.8 Å². The standard InChI is InChI=1S/C10H19NO3S/c1-2-3-8-15(13,14)11-6-4-10(9-12)5-7-11/h2,10,12H,1,3-9H2. The first-order chi connectivity index (χ1) is 7.10. The third-order valence-electron chi connectivity index (χ3n) is 2.81. The second kappa shape index (κ2) is 5.63. The normalized spacial score (nSPS) is 20.3. The largest absolute Gasteiger partial charge is 0.396 e. The van der Waals surface area contributed by atoms with E-state index in [1.54, 1.807) is 6.08 Å². The van der Waals surface area contributed by atoms with Gasteiger partial charge in [0.25, 0.3) is 0 Å². The van der Waals surface area contributed by atoms with Crippen LogP contribution in [-0.4, -0.2) is 43.3 Å². The molecule has 1 heterocycles. The van der Waals surface area contributed by atoms with E-state index in [4.69, 9.17) is 5.11 Å². The van der Waals surface area contributed by atoms with Crippen molar-refractivity contribution in [3.8, 4) is 0 Å². The highest BCUT2D eigenvalue weighted by Crippen LogP contribution is 2.19. The van der Waals surface area contributed by atoms with E-state index in [9.17, 15) is 8.42 Å². The highest BCUT2D eigenvalue weighted by Gasteiger charge is 2.26. The number of nitrogens with zero attached hydrogens (tertiary/aromatic N) is 1. The van der Waals surface area contributed by atoms with Crippen LogP contribution in [0.2, 0.25) is 0 Å². The van der Waals surface area contributed by atoms with Crippen LogP contribution in [0.3, 0.4) is 0 Å². The maximum Gasteiger partial charge on any atom is 0.214 e. The van der Waals surface area contributed by atoms with Gasteiger partial charge in [0.05, 0.1) is 5.75 Å². The molecule has 88 valence electrons. The van der Waals surface area contributed by atoms with Crippen LogP contribution >= 0.6 is 0 Å². The molecule has 0 aliphatic carbocycles. The Kier molecular flexibility index (Phi) is 4.76. The Hall–Kier alpha value is -0.390. The van der Waals surface area contributed by atoms with E-state index in [1.165, 1.54) is 4.31 Å². The number of rotatable bonds is 5. The topological polar surface area (TPSA) is 57.6 Å². The van der Waals surface area contributed by atoms with Crippen molar-refractivity contribution < 1.29 is 13.5 Å². The number of aliphatic hydroxyl groups excluding tert-OH is 1. The summed E-state index contributed by atoms with van der Waals surface area (Å²) in [6, 6.07) is 0. The van der Waals surface area contributed by atoms with Crippen LogP contribution in [0.5, 0.6) is 0 Å².